The van der Waals surface area contributed by atoms with Crippen LogP contribution in [0.2, 0.25) is 0 Å². The van der Waals surface area contributed by atoms with E-state index < -0.39 is 5.97 Å². The molecule has 0 atom stereocenters. The predicted octanol–water partition coefficient (Wildman–Crippen LogP) is 2.25. The molecule has 0 bridgehead atoms. The number of thioether (sulfide) groups is 1. The lowest BCUT2D eigenvalue weighted by Gasteiger charge is -2.07. The van der Waals surface area contributed by atoms with Gasteiger partial charge >= 0.3 is 5.97 Å². The minimum absolute atomic E-state index is 0.259. The van der Waals surface area contributed by atoms with E-state index in [1.165, 1.54) is 0 Å². The number of carboxylic acids is 1. The van der Waals surface area contributed by atoms with Gasteiger partial charge in [-0.15, -0.1) is 0 Å². The lowest BCUT2D eigenvalue weighted by Crippen LogP contribution is -2.07. The van der Waals surface area contributed by atoms with Crippen molar-refractivity contribution < 1.29 is 9.90 Å². The quantitative estimate of drug-likeness (QED) is 0.747. The van der Waals surface area contributed by atoms with Gasteiger partial charge in [0, 0.05) is 6.54 Å². The summed E-state index contributed by atoms with van der Waals surface area (Å²) in [6, 6.07) is 3.29. The van der Waals surface area contributed by atoms with Crippen LogP contribution in [0, 0.1) is 6.92 Å². The minimum atomic E-state index is -0.932. The molecule has 4 nitrogen and oxygen atoms in total. The van der Waals surface area contributed by atoms with Crippen molar-refractivity contribution in [3.8, 4) is 0 Å². The van der Waals surface area contributed by atoms with E-state index in [2.05, 4.69) is 16.6 Å². The van der Waals surface area contributed by atoms with E-state index in [-0.39, 0.29) is 5.56 Å². The van der Waals surface area contributed by atoms with Gasteiger partial charge in [0.15, 0.2) is 0 Å². The summed E-state index contributed by atoms with van der Waals surface area (Å²) in [5.41, 5.74) is 0.803. The third-order valence-corrected chi connectivity index (χ3v) is 2.84. The van der Waals surface area contributed by atoms with Crippen LogP contribution in [0.4, 0.5) is 5.82 Å². The fourth-order valence-corrected chi connectivity index (χ4v) is 1.75. The molecule has 0 saturated carbocycles. The van der Waals surface area contributed by atoms with Crippen molar-refractivity contribution in [2.24, 2.45) is 0 Å². The van der Waals surface area contributed by atoms with E-state index in [1.54, 1.807) is 19.1 Å². The summed E-state index contributed by atoms with van der Waals surface area (Å²) < 4.78 is 0. The van der Waals surface area contributed by atoms with Gasteiger partial charge in [-0.25, -0.2) is 9.78 Å². The molecule has 0 aromatic carbocycles. The standard InChI is InChI=1S/C11H16N2O2S/c1-8-9(11(14)15)4-5-10(13-8)12-6-3-7-16-2/h4-5H,3,6-7H2,1-2H3,(H,12,13)(H,14,15). The summed E-state index contributed by atoms with van der Waals surface area (Å²) >= 11 is 1.81. The fourth-order valence-electron chi connectivity index (χ4n) is 1.32. The van der Waals surface area contributed by atoms with Crippen LogP contribution >= 0.6 is 11.8 Å². The second-order valence-electron chi connectivity index (χ2n) is 3.41. The lowest BCUT2D eigenvalue weighted by atomic mass is 10.2. The van der Waals surface area contributed by atoms with Crippen molar-refractivity contribution in [1.29, 1.82) is 0 Å². The summed E-state index contributed by atoms with van der Waals surface area (Å²) in [5, 5.41) is 12.0. The second-order valence-corrected chi connectivity index (χ2v) is 4.39. The SMILES string of the molecule is CSCCCNc1ccc(C(=O)O)c(C)n1. The van der Waals surface area contributed by atoms with Crippen LogP contribution in [0.15, 0.2) is 12.1 Å². The highest BCUT2D eigenvalue weighted by molar-refractivity contribution is 7.98. The molecule has 1 aromatic heterocycles. The Morgan fingerprint density at radius 1 is 1.56 bits per heavy atom. The number of hydrogen-bond acceptors (Lipinski definition) is 4. The van der Waals surface area contributed by atoms with Crippen LogP contribution in [-0.4, -0.2) is 34.6 Å². The molecule has 1 heterocycles. The fraction of sp³-hybridized carbons (Fsp3) is 0.455. The first-order valence-electron chi connectivity index (χ1n) is 5.09. The molecule has 88 valence electrons. The Bertz CT molecular complexity index is 369. The maximum atomic E-state index is 10.8. The smallest absolute Gasteiger partial charge is 0.337 e. The minimum Gasteiger partial charge on any atom is -0.478 e. The monoisotopic (exact) mass is 240 g/mol. The molecule has 0 spiro atoms. The zero-order chi connectivity index (χ0) is 12.0. The van der Waals surface area contributed by atoms with E-state index in [1.807, 2.05) is 11.8 Å². The van der Waals surface area contributed by atoms with Crippen molar-refractivity contribution in [3.63, 3.8) is 0 Å². The van der Waals surface area contributed by atoms with Crippen LogP contribution in [0.1, 0.15) is 22.5 Å². The second kappa shape index (κ2) is 6.37. The Balaban J connectivity index is 2.56. The summed E-state index contributed by atoms with van der Waals surface area (Å²) in [7, 11) is 0. The Hall–Kier alpha value is -1.23. The first-order valence-corrected chi connectivity index (χ1v) is 6.48. The van der Waals surface area contributed by atoms with Gasteiger partial charge in [-0.2, -0.15) is 11.8 Å². The maximum Gasteiger partial charge on any atom is 0.337 e. The van der Waals surface area contributed by atoms with E-state index in [4.69, 9.17) is 5.11 Å². The average molecular weight is 240 g/mol. The van der Waals surface area contributed by atoms with Gasteiger partial charge in [-0.05, 0) is 37.5 Å². The van der Waals surface area contributed by atoms with Gasteiger partial charge in [0.1, 0.15) is 5.82 Å². The van der Waals surface area contributed by atoms with E-state index in [0.717, 1.165) is 24.5 Å². The van der Waals surface area contributed by atoms with Gasteiger partial charge in [0.25, 0.3) is 0 Å². The number of pyridine rings is 1. The highest BCUT2D eigenvalue weighted by Gasteiger charge is 2.07. The molecule has 0 aliphatic rings. The summed E-state index contributed by atoms with van der Waals surface area (Å²) in [4.78, 5) is 15.0. The summed E-state index contributed by atoms with van der Waals surface area (Å²) in [6.45, 7) is 2.57. The van der Waals surface area contributed by atoms with Crippen molar-refractivity contribution in [2.45, 2.75) is 13.3 Å². The van der Waals surface area contributed by atoms with Gasteiger partial charge in [0.05, 0.1) is 11.3 Å². The molecule has 5 heteroatoms. The molecular weight excluding hydrogens is 224 g/mol. The van der Waals surface area contributed by atoms with Crippen molar-refractivity contribution in [2.75, 3.05) is 23.9 Å². The molecule has 16 heavy (non-hydrogen) atoms. The first kappa shape index (κ1) is 12.8. The molecule has 0 amide bonds. The maximum absolute atomic E-state index is 10.8. The number of rotatable bonds is 6. The molecule has 0 aliphatic heterocycles. The third-order valence-electron chi connectivity index (χ3n) is 2.15. The summed E-state index contributed by atoms with van der Waals surface area (Å²) in [6.07, 6.45) is 3.15. The lowest BCUT2D eigenvalue weighted by molar-refractivity contribution is 0.0695. The average Bonchev–Trinajstić information content (AvgIpc) is 2.24. The van der Waals surface area contributed by atoms with Gasteiger partial charge < -0.3 is 10.4 Å². The molecule has 2 N–H and O–H groups in total. The largest absolute Gasteiger partial charge is 0.478 e. The Labute approximate surface area is 99.5 Å². The molecule has 1 aromatic rings. The molecule has 0 aliphatic carbocycles. The number of aromatic carboxylic acids is 1. The van der Waals surface area contributed by atoms with Gasteiger partial charge in [-0.1, -0.05) is 0 Å². The molecule has 0 saturated heterocycles. The van der Waals surface area contributed by atoms with Crippen LogP contribution in [0.3, 0.4) is 0 Å². The van der Waals surface area contributed by atoms with Crippen molar-refractivity contribution in [3.05, 3.63) is 23.4 Å². The van der Waals surface area contributed by atoms with Crippen molar-refractivity contribution in [1.82, 2.24) is 4.98 Å². The van der Waals surface area contributed by atoms with E-state index in [0.29, 0.717) is 5.69 Å². The number of hydrogen-bond donors (Lipinski definition) is 2. The molecule has 0 radical (unpaired) electrons. The number of carboxylic acid groups (broad SMARTS) is 1. The molecule has 0 fully saturated rings. The number of nitrogens with one attached hydrogen (secondary N) is 1. The molecular formula is C11H16N2O2S. The molecule has 0 unspecified atom stereocenters. The number of aromatic nitrogens is 1. The van der Waals surface area contributed by atoms with Gasteiger partial charge in [0.2, 0.25) is 0 Å². The Morgan fingerprint density at radius 3 is 2.88 bits per heavy atom. The zero-order valence-electron chi connectivity index (χ0n) is 9.49. The first-order chi connectivity index (χ1) is 7.65. The normalized spacial score (nSPS) is 10.1. The van der Waals surface area contributed by atoms with Crippen LogP contribution < -0.4 is 5.32 Å². The highest BCUT2D eigenvalue weighted by Crippen LogP contribution is 2.10. The topological polar surface area (TPSA) is 62.2 Å². The number of nitrogens with zero attached hydrogens (tertiary/aromatic N) is 1. The Kier molecular flexibility index (Phi) is 5.11. The van der Waals surface area contributed by atoms with E-state index in [9.17, 15) is 4.79 Å². The number of aryl methyl sites for hydroxylation is 1. The van der Waals surface area contributed by atoms with Crippen LogP contribution in [0.5, 0.6) is 0 Å². The zero-order valence-corrected chi connectivity index (χ0v) is 10.3. The number of anilines is 1. The highest BCUT2D eigenvalue weighted by atomic mass is 32.2. The predicted molar refractivity (Wildman–Crippen MR) is 67.4 cm³/mol. The van der Waals surface area contributed by atoms with E-state index >= 15 is 0 Å². The van der Waals surface area contributed by atoms with Crippen LogP contribution in [0.25, 0.3) is 0 Å². The Morgan fingerprint density at radius 2 is 2.31 bits per heavy atom. The van der Waals surface area contributed by atoms with Crippen LogP contribution in [-0.2, 0) is 0 Å². The summed E-state index contributed by atoms with van der Waals surface area (Å²) in [5.74, 6) is 0.918. The van der Waals surface area contributed by atoms with Crippen molar-refractivity contribution >= 4 is 23.5 Å². The van der Waals surface area contributed by atoms with Gasteiger partial charge in [-0.3, -0.25) is 0 Å². The molecule has 1 rings (SSSR count). The third kappa shape index (κ3) is 3.73. The number of carbonyl (C=O) groups is 1.